The summed E-state index contributed by atoms with van der Waals surface area (Å²) in [6, 6.07) is 17.2. The third kappa shape index (κ3) is 3.50. The molecule has 3 heteroatoms. The first kappa shape index (κ1) is 14.3. The van der Waals surface area contributed by atoms with Gasteiger partial charge in [0.15, 0.2) is 0 Å². The highest BCUT2D eigenvalue weighted by atomic mass is 16.5. The van der Waals surface area contributed by atoms with Gasteiger partial charge in [-0.2, -0.15) is 0 Å². The molecule has 0 bridgehead atoms. The Morgan fingerprint density at radius 1 is 1.00 bits per heavy atom. The third-order valence-corrected chi connectivity index (χ3v) is 3.99. The minimum absolute atomic E-state index is 0.583. The zero-order valence-electron chi connectivity index (χ0n) is 12.3. The lowest BCUT2D eigenvalue weighted by atomic mass is 9.97. The lowest BCUT2D eigenvalue weighted by Gasteiger charge is -2.27. The Morgan fingerprint density at radius 3 is 2.62 bits per heavy atom. The fourth-order valence-electron chi connectivity index (χ4n) is 2.81. The van der Waals surface area contributed by atoms with Crippen LogP contribution in [-0.4, -0.2) is 31.2 Å². The Hall–Kier alpha value is -1.68. The molecular weight excluding hydrogens is 260 g/mol. The molecule has 3 rings (SSSR count). The van der Waals surface area contributed by atoms with E-state index in [-0.39, 0.29) is 0 Å². The summed E-state index contributed by atoms with van der Waals surface area (Å²) in [6.45, 7) is 5.26. The van der Waals surface area contributed by atoms with E-state index in [0.717, 1.165) is 32.8 Å². The second-order valence-electron chi connectivity index (χ2n) is 5.45. The van der Waals surface area contributed by atoms with Crippen LogP contribution >= 0.6 is 0 Å². The van der Waals surface area contributed by atoms with Gasteiger partial charge in [0.1, 0.15) is 0 Å². The smallest absolute Gasteiger partial charge is 0.0594 e. The molecule has 1 saturated heterocycles. The van der Waals surface area contributed by atoms with Crippen LogP contribution in [-0.2, 0) is 17.8 Å². The van der Waals surface area contributed by atoms with Crippen molar-refractivity contribution in [2.75, 3.05) is 26.3 Å². The number of nitrogens with two attached hydrogens (primary N) is 1. The van der Waals surface area contributed by atoms with Gasteiger partial charge < -0.3 is 10.5 Å². The SMILES string of the molecule is NCc1cccc(-c2ccccc2CN2CCOCC2)c1. The molecule has 110 valence electrons. The van der Waals surface area contributed by atoms with Crippen molar-refractivity contribution in [1.82, 2.24) is 4.90 Å². The molecule has 0 atom stereocenters. The van der Waals surface area contributed by atoms with E-state index in [9.17, 15) is 0 Å². The van der Waals surface area contributed by atoms with Crippen LogP contribution in [0.3, 0.4) is 0 Å². The number of morpholine rings is 1. The first-order valence-electron chi connectivity index (χ1n) is 7.54. The minimum Gasteiger partial charge on any atom is -0.379 e. The highest BCUT2D eigenvalue weighted by Gasteiger charge is 2.13. The van der Waals surface area contributed by atoms with Crippen molar-refractivity contribution >= 4 is 0 Å². The molecule has 2 aromatic carbocycles. The summed E-state index contributed by atoms with van der Waals surface area (Å²) in [7, 11) is 0. The van der Waals surface area contributed by atoms with Gasteiger partial charge in [-0.05, 0) is 28.3 Å². The molecule has 2 aromatic rings. The van der Waals surface area contributed by atoms with Crippen LogP contribution < -0.4 is 5.73 Å². The summed E-state index contributed by atoms with van der Waals surface area (Å²) in [5.41, 5.74) is 10.9. The molecule has 0 saturated carbocycles. The largest absolute Gasteiger partial charge is 0.379 e. The van der Waals surface area contributed by atoms with Gasteiger partial charge in [-0.25, -0.2) is 0 Å². The van der Waals surface area contributed by atoms with Crippen LogP contribution in [0.4, 0.5) is 0 Å². The van der Waals surface area contributed by atoms with Gasteiger partial charge in [0.2, 0.25) is 0 Å². The van der Waals surface area contributed by atoms with Crippen molar-refractivity contribution in [2.45, 2.75) is 13.1 Å². The summed E-state index contributed by atoms with van der Waals surface area (Å²) in [5, 5.41) is 0. The number of hydrogen-bond acceptors (Lipinski definition) is 3. The average molecular weight is 282 g/mol. The van der Waals surface area contributed by atoms with Gasteiger partial charge in [0, 0.05) is 26.2 Å². The van der Waals surface area contributed by atoms with E-state index in [4.69, 9.17) is 10.5 Å². The zero-order chi connectivity index (χ0) is 14.5. The molecule has 3 nitrogen and oxygen atoms in total. The monoisotopic (exact) mass is 282 g/mol. The summed E-state index contributed by atoms with van der Waals surface area (Å²) < 4.78 is 5.43. The van der Waals surface area contributed by atoms with Crippen molar-refractivity contribution in [3.63, 3.8) is 0 Å². The summed E-state index contributed by atoms with van der Waals surface area (Å²) in [4.78, 5) is 2.45. The Labute approximate surface area is 126 Å². The van der Waals surface area contributed by atoms with E-state index < -0.39 is 0 Å². The van der Waals surface area contributed by atoms with E-state index in [1.54, 1.807) is 0 Å². The highest BCUT2D eigenvalue weighted by Crippen LogP contribution is 2.25. The van der Waals surface area contributed by atoms with Gasteiger partial charge in [-0.1, -0.05) is 42.5 Å². The lowest BCUT2D eigenvalue weighted by Crippen LogP contribution is -2.35. The first-order chi connectivity index (χ1) is 10.4. The maximum atomic E-state index is 5.76. The topological polar surface area (TPSA) is 38.5 Å². The highest BCUT2D eigenvalue weighted by molar-refractivity contribution is 5.68. The van der Waals surface area contributed by atoms with Crippen LogP contribution in [0.15, 0.2) is 48.5 Å². The molecule has 1 heterocycles. The summed E-state index contributed by atoms with van der Waals surface area (Å²) >= 11 is 0. The number of benzene rings is 2. The van der Waals surface area contributed by atoms with E-state index in [0.29, 0.717) is 6.54 Å². The van der Waals surface area contributed by atoms with Crippen LogP contribution in [0.25, 0.3) is 11.1 Å². The predicted molar refractivity (Wildman–Crippen MR) is 85.9 cm³/mol. The van der Waals surface area contributed by atoms with Crippen molar-refractivity contribution in [3.8, 4) is 11.1 Å². The Kier molecular flexibility index (Phi) is 4.65. The molecule has 0 spiro atoms. The van der Waals surface area contributed by atoms with Gasteiger partial charge >= 0.3 is 0 Å². The quantitative estimate of drug-likeness (QED) is 0.937. The van der Waals surface area contributed by atoms with E-state index in [1.807, 2.05) is 0 Å². The van der Waals surface area contributed by atoms with Gasteiger partial charge in [0.05, 0.1) is 13.2 Å². The number of hydrogen-bond donors (Lipinski definition) is 1. The van der Waals surface area contributed by atoms with Crippen molar-refractivity contribution in [2.24, 2.45) is 5.73 Å². The van der Waals surface area contributed by atoms with E-state index in [1.165, 1.54) is 22.3 Å². The van der Waals surface area contributed by atoms with Crippen LogP contribution in [0, 0.1) is 0 Å². The van der Waals surface area contributed by atoms with E-state index >= 15 is 0 Å². The Balaban J connectivity index is 1.87. The Morgan fingerprint density at radius 2 is 1.81 bits per heavy atom. The van der Waals surface area contributed by atoms with Crippen molar-refractivity contribution in [3.05, 3.63) is 59.7 Å². The van der Waals surface area contributed by atoms with Crippen LogP contribution in [0.1, 0.15) is 11.1 Å². The molecular formula is C18H22N2O. The second-order valence-corrected chi connectivity index (χ2v) is 5.45. The minimum atomic E-state index is 0.583. The van der Waals surface area contributed by atoms with E-state index in [2.05, 4.69) is 53.4 Å². The van der Waals surface area contributed by atoms with Gasteiger partial charge in [-0.3, -0.25) is 4.90 Å². The number of nitrogens with zero attached hydrogens (tertiary/aromatic N) is 1. The predicted octanol–water partition coefficient (Wildman–Crippen LogP) is 2.64. The zero-order valence-corrected chi connectivity index (χ0v) is 12.3. The maximum Gasteiger partial charge on any atom is 0.0594 e. The number of ether oxygens (including phenoxy) is 1. The van der Waals surface area contributed by atoms with Crippen molar-refractivity contribution in [1.29, 1.82) is 0 Å². The fourth-order valence-corrected chi connectivity index (χ4v) is 2.81. The Bertz CT molecular complexity index is 591. The molecule has 1 fully saturated rings. The third-order valence-electron chi connectivity index (χ3n) is 3.99. The molecule has 21 heavy (non-hydrogen) atoms. The molecule has 0 unspecified atom stereocenters. The maximum absolute atomic E-state index is 5.76. The lowest BCUT2D eigenvalue weighted by molar-refractivity contribution is 0.0342. The molecule has 0 aromatic heterocycles. The molecule has 1 aliphatic heterocycles. The van der Waals surface area contributed by atoms with Gasteiger partial charge in [0.25, 0.3) is 0 Å². The van der Waals surface area contributed by atoms with Crippen LogP contribution in [0.2, 0.25) is 0 Å². The molecule has 1 aliphatic rings. The van der Waals surface area contributed by atoms with Gasteiger partial charge in [-0.15, -0.1) is 0 Å². The summed E-state index contributed by atoms with van der Waals surface area (Å²) in [6.07, 6.45) is 0. The molecule has 0 radical (unpaired) electrons. The molecule has 0 aliphatic carbocycles. The van der Waals surface area contributed by atoms with Crippen LogP contribution in [0.5, 0.6) is 0 Å². The fraction of sp³-hybridized carbons (Fsp3) is 0.333. The molecule has 0 amide bonds. The standard InChI is InChI=1S/C18H22N2O/c19-13-15-4-3-6-16(12-15)18-7-2-1-5-17(18)14-20-8-10-21-11-9-20/h1-7,12H,8-11,13-14,19H2. The first-order valence-corrected chi connectivity index (χ1v) is 7.54. The number of rotatable bonds is 4. The van der Waals surface area contributed by atoms with Crippen molar-refractivity contribution < 1.29 is 4.74 Å². The second kappa shape index (κ2) is 6.85. The molecule has 2 N–H and O–H groups in total. The normalized spacial score (nSPS) is 16.0. The average Bonchev–Trinajstić information content (AvgIpc) is 2.56. The summed E-state index contributed by atoms with van der Waals surface area (Å²) in [5.74, 6) is 0.